The average Bonchev–Trinajstić information content (AvgIpc) is 3.01. The van der Waals surface area contributed by atoms with E-state index in [0.717, 1.165) is 5.56 Å². The molecule has 0 saturated carbocycles. The molecule has 2 N–H and O–H groups in total. The molecule has 0 aliphatic heterocycles. The van der Waals surface area contributed by atoms with Gasteiger partial charge in [-0.15, -0.1) is 0 Å². The average molecular weight is 300 g/mol. The second-order valence-corrected chi connectivity index (χ2v) is 5.31. The van der Waals surface area contributed by atoms with Gasteiger partial charge in [-0.2, -0.15) is 0 Å². The van der Waals surface area contributed by atoms with Gasteiger partial charge in [-0.1, -0.05) is 30.3 Å². The topological polar surface area (TPSA) is 71.3 Å². The fourth-order valence-electron chi connectivity index (χ4n) is 2.38. The molecule has 0 radical (unpaired) electrons. The normalized spacial score (nSPS) is 13.3. The predicted molar refractivity (Wildman–Crippen MR) is 83.3 cm³/mol. The van der Waals surface area contributed by atoms with Gasteiger partial charge in [-0.05, 0) is 24.6 Å². The first kappa shape index (κ1) is 15.8. The van der Waals surface area contributed by atoms with Gasteiger partial charge in [0.1, 0.15) is 0 Å². The number of benzene rings is 1. The van der Waals surface area contributed by atoms with Crippen molar-refractivity contribution < 1.29 is 14.7 Å². The number of nitrogens with one attached hydrogen (secondary N) is 1. The summed E-state index contributed by atoms with van der Waals surface area (Å²) in [6.45, 7) is 1.95. The molecule has 0 fully saturated rings. The van der Waals surface area contributed by atoms with Crippen LogP contribution in [-0.4, -0.2) is 21.6 Å². The maximum atomic E-state index is 12.2. The van der Waals surface area contributed by atoms with Gasteiger partial charge in [-0.3, -0.25) is 9.59 Å². The monoisotopic (exact) mass is 300 g/mol. The fraction of sp³-hybridized carbons (Fsp3) is 0.294. The molecule has 116 valence electrons. The second kappa shape index (κ2) is 7.45. The van der Waals surface area contributed by atoms with Crippen LogP contribution in [-0.2, 0) is 9.59 Å². The van der Waals surface area contributed by atoms with Crippen LogP contribution in [0.25, 0.3) is 0 Å². The molecule has 2 aromatic rings. The zero-order chi connectivity index (χ0) is 15.9. The van der Waals surface area contributed by atoms with Crippen LogP contribution in [0.4, 0.5) is 0 Å². The first-order valence-electron chi connectivity index (χ1n) is 7.25. The van der Waals surface area contributed by atoms with E-state index in [2.05, 4.69) is 5.32 Å². The smallest absolute Gasteiger partial charge is 0.305 e. The number of carboxylic acids is 1. The number of carboxylic acid groups (broad SMARTS) is 1. The third kappa shape index (κ3) is 4.48. The minimum absolute atomic E-state index is 0.0243. The van der Waals surface area contributed by atoms with Crippen LogP contribution >= 0.6 is 0 Å². The summed E-state index contributed by atoms with van der Waals surface area (Å²) >= 11 is 0. The zero-order valence-corrected chi connectivity index (χ0v) is 12.5. The van der Waals surface area contributed by atoms with Gasteiger partial charge in [0.2, 0.25) is 5.91 Å². The van der Waals surface area contributed by atoms with Crippen LogP contribution in [0.3, 0.4) is 0 Å². The highest BCUT2D eigenvalue weighted by molar-refractivity contribution is 5.78. The number of amides is 1. The number of hydrogen-bond donors (Lipinski definition) is 2. The largest absolute Gasteiger partial charge is 0.481 e. The third-order valence-corrected chi connectivity index (χ3v) is 3.53. The molecular weight excluding hydrogens is 280 g/mol. The van der Waals surface area contributed by atoms with Gasteiger partial charge >= 0.3 is 5.97 Å². The second-order valence-electron chi connectivity index (χ2n) is 5.31. The van der Waals surface area contributed by atoms with E-state index < -0.39 is 12.0 Å². The lowest BCUT2D eigenvalue weighted by Gasteiger charge is -2.19. The molecule has 0 saturated heterocycles. The minimum atomic E-state index is -0.937. The standard InChI is InChI=1S/C17H20N2O3/c1-13(19-9-5-6-10-19)11-16(20)18-15(12-17(21)22)14-7-3-2-4-8-14/h2-10,13,15H,11-12H2,1H3,(H,18,20)(H,21,22)/t13-,15-/m1/s1. The minimum Gasteiger partial charge on any atom is -0.481 e. The van der Waals surface area contributed by atoms with Gasteiger partial charge in [0.15, 0.2) is 0 Å². The Morgan fingerprint density at radius 3 is 2.32 bits per heavy atom. The summed E-state index contributed by atoms with van der Waals surface area (Å²) in [6, 6.07) is 12.5. The maximum Gasteiger partial charge on any atom is 0.305 e. The quantitative estimate of drug-likeness (QED) is 0.826. The van der Waals surface area contributed by atoms with Crippen molar-refractivity contribution in [2.24, 2.45) is 0 Å². The Labute approximate surface area is 129 Å². The summed E-state index contributed by atoms with van der Waals surface area (Å²) < 4.78 is 1.95. The first-order chi connectivity index (χ1) is 10.6. The highest BCUT2D eigenvalue weighted by atomic mass is 16.4. The number of aliphatic carboxylic acids is 1. The van der Waals surface area contributed by atoms with Crippen molar-refractivity contribution in [2.45, 2.75) is 31.8 Å². The number of nitrogens with zero attached hydrogens (tertiary/aromatic N) is 1. The molecule has 5 nitrogen and oxygen atoms in total. The SMILES string of the molecule is C[C@H](CC(=O)N[C@H](CC(=O)O)c1ccccc1)n1cccc1. The lowest BCUT2D eigenvalue weighted by Crippen LogP contribution is -2.31. The van der Waals surface area contributed by atoms with Crippen LogP contribution in [0.1, 0.15) is 37.4 Å². The Morgan fingerprint density at radius 2 is 1.73 bits per heavy atom. The molecule has 0 aliphatic carbocycles. The molecule has 1 aromatic heterocycles. The van der Waals surface area contributed by atoms with E-state index in [-0.39, 0.29) is 18.4 Å². The Morgan fingerprint density at radius 1 is 1.09 bits per heavy atom. The van der Waals surface area contributed by atoms with E-state index in [9.17, 15) is 9.59 Å². The molecule has 22 heavy (non-hydrogen) atoms. The Kier molecular flexibility index (Phi) is 5.36. The van der Waals surface area contributed by atoms with Gasteiger partial charge in [0.25, 0.3) is 0 Å². The Balaban J connectivity index is 2.00. The van der Waals surface area contributed by atoms with Crippen molar-refractivity contribution in [1.82, 2.24) is 9.88 Å². The van der Waals surface area contributed by atoms with E-state index in [1.54, 1.807) is 0 Å². The number of carbonyl (C=O) groups excluding carboxylic acids is 1. The lowest BCUT2D eigenvalue weighted by molar-refractivity contribution is -0.137. The number of carbonyl (C=O) groups is 2. The van der Waals surface area contributed by atoms with Crippen LogP contribution < -0.4 is 5.32 Å². The summed E-state index contributed by atoms with van der Waals surface area (Å²) in [7, 11) is 0. The number of rotatable bonds is 7. The Hall–Kier alpha value is -2.56. The molecular formula is C17H20N2O3. The molecule has 0 bridgehead atoms. The van der Waals surface area contributed by atoms with Crippen molar-refractivity contribution in [1.29, 1.82) is 0 Å². The van der Waals surface area contributed by atoms with Crippen LogP contribution in [0, 0.1) is 0 Å². The predicted octanol–water partition coefficient (Wildman–Crippen LogP) is 2.77. The van der Waals surface area contributed by atoms with Crippen LogP contribution in [0.5, 0.6) is 0 Å². The maximum absolute atomic E-state index is 12.2. The molecule has 1 heterocycles. The summed E-state index contributed by atoms with van der Waals surface area (Å²) in [6.07, 6.45) is 3.99. The van der Waals surface area contributed by atoms with Gasteiger partial charge in [-0.25, -0.2) is 0 Å². The molecule has 2 rings (SSSR count). The highest BCUT2D eigenvalue weighted by Gasteiger charge is 2.19. The zero-order valence-electron chi connectivity index (χ0n) is 12.5. The van der Waals surface area contributed by atoms with Crippen molar-refractivity contribution in [3.05, 3.63) is 60.4 Å². The summed E-state index contributed by atoms with van der Waals surface area (Å²) in [5.74, 6) is -1.09. The molecule has 1 amide bonds. The molecule has 2 atom stereocenters. The van der Waals surface area contributed by atoms with E-state index >= 15 is 0 Å². The fourth-order valence-corrected chi connectivity index (χ4v) is 2.38. The van der Waals surface area contributed by atoms with E-state index in [4.69, 9.17) is 5.11 Å². The summed E-state index contributed by atoms with van der Waals surface area (Å²) in [4.78, 5) is 23.2. The lowest BCUT2D eigenvalue weighted by atomic mass is 10.0. The van der Waals surface area contributed by atoms with E-state index in [1.807, 2.05) is 66.3 Å². The molecule has 1 aromatic carbocycles. The Bertz CT molecular complexity index is 608. The summed E-state index contributed by atoms with van der Waals surface area (Å²) in [5, 5.41) is 11.9. The summed E-state index contributed by atoms with van der Waals surface area (Å²) in [5.41, 5.74) is 0.798. The number of aromatic nitrogens is 1. The van der Waals surface area contributed by atoms with Gasteiger partial charge in [0, 0.05) is 24.9 Å². The van der Waals surface area contributed by atoms with Gasteiger partial charge < -0.3 is 15.0 Å². The van der Waals surface area contributed by atoms with Crippen LogP contribution in [0.2, 0.25) is 0 Å². The molecule has 0 spiro atoms. The van der Waals surface area contributed by atoms with Crippen molar-refractivity contribution in [3.8, 4) is 0 Å². The molecule has 0 aliphatic rings. The van der Waals surface area contributed by atoms with Crippen molar-refractivity contribution in [3.63, 3.8) is 0 Å². The molecule has 0 unspecified atom stereocenters. The van der Waals surface area contributed by atoms with E-state index in [1.165, 1.54) is 0 Å². The van der Waals surface area contributed by atoms with Crippen molar-refractivity contribution in [2.75, 3.05) is 0 Å². The van der Waals surface area contributed by atoms with Gasteiger partial charge in [0.05, 0.1) is 12.5 Å². The third-order valence-electron chi connectivity index (χ3n) is 3.53. The number of hydrogen-bond acceptors (Lipinski definition) is 2. The van der Waals surface area contributed by atoms with E-state index in [0.29, 0.717) is 6.42 Å². The first-order valence-corrected chi connectivity index (χ1v) is 7.25. The highest BCUT2D eigenvalue weighted by Crippen LogP contribution is 2.18. The van der Waals surface area contributed by atoms with Crippen LogP contribution in [0.15, 0.2) is 54.9 Å². The van der Waals surface area contributed by atoms with Crippen molar-refractivity contribution >= 4 is 11.9 Å². The molecule has 5 heteroatoms.